The predicted octanol–water partition coefficient (Wildman–Crippen LogP) is 2.45. The number of likely N-dealkylation sites (tertiary alicyclic amines) is 1. The van der Waals surface area contributed by atoms with Gasteiger partial charge in [-0.3, -0.25) is 4.79 Å². The summed E-state index contributed by atoms with van der Waals surface area (Å²) < 4.78 is 13.4. The second-order valence-electron chi connectivity index (χ2n) is 6.97. The molecule has 1 aliphatic carbocycles. The van der Waals surface area contributed by atoms with Gasteiger partial charge in [-0.05, 0) is 37.2 Å². The summed E-state index contributed by atoms with van der Waals surface area (Å²) in [6, 6.07) is 12.2. The zero-order chi connectivity index (χ0) is 16.9. The number of nitriles is 1. The second kappa shape index (κ2) is 7.76. The maximum Gasteiger partial charge on any atom is 0.237 e. The average Bonchev–Trinajstić information content (AvgIpc) is 3.19. The van der Waals surface area contributed by atoms with Crippen LogP contribution in [-0.2, 0) is 11.2 Å². The van der Waals surface area contributed by atoms with Gasteiger partial charge >= 0.3 is 0 Å². The minimum Gasteiger partial charge on any atom is -0.323 e. The van der Waals surface area contributed by atoms with Gasteiger partial charge in [0.15, 0.2) is 0 Å². The van der Waals surface area contributed by atoms with E-state index in [0.29, 0.717) is 12.0 Å². The number of hydrogen-bond donors (Lipinski definition) is 1. The number of carbonyl (C=O) groups is 1. The summed E-state index contributed by atoms with van der Waals surface area (Å²) in [5.74, 6) is 0.488. The Kier molecular flexibility index (Phi) is 5.47. The number of nitrogens with one attached hydrogen (secondary N) is 1. The van der Waals surface area contributed by atoms with Crippen molar-refractivity contribution < 1.29 is 9.18 Å². The van der Waals surface area contributed by atoms with E-state index in [-0.39, 0.29) is 25.4 Å². The van der Waals surface area contributed by atoms with Crippen molar-refractivity contribution in [1.29, 1.82) is 5.26 Å². The zero-order valence-corrected chi connectivity index (χ0v) is 13.8. The summed E-state index contributed by atoms with van der Waals surface area (Å²) in [6.45, 7) is 0.258. The summed E-state index contributed by atoms with van der Waals surface area (Å²) in [7, 11) is 0. The highest BCUT2D eigenvalue weighted by Crippen LogP contribution is 2.28. The molecule has 0 bridgehead atoms. The van der Waals surface area contributed by atoms with Crippen LogP contribution in [0.25, 0.3) is 0 Å². The van der Waals surface area contributed by atoms with Crippen molar-refractivity contribution in [3.05, 3.63) is 35.9 Å². The van der Waals surface area contributed by atoms with Gasteiger partial charge in [-0.2, -0.15) is 5.26 Å². The molecule has 0 radical (unpaired) electrons. The molecular weight excluding hydrogens is 305 g/mol. The lowest BCUT2D eigenvalue weighted by atomic mass is 9.98. The molecule has 0 aromatic heterocycles. The van der Waals surface area contributed by atoms with E-state index >= 15 is 0 Å². The smallest absolute Gasteiger partial charge is 0.237 e. The van der Waals surface area contributed by atoms with Crippen LogP contribution in [0.4, 0.5) is 4.39 Å². The van der Waals surface area contributed by atoms with E-state index < -0.39 is 12.2 Å². The first-order chi connectivity index (χ1) is 11.7. The molecule has 0 spiro atoms. The predicted molar refractivity (Wildman–Crippen MR) is 89.9 cm³/mol. The number of alkyl halides is 1. The van der Waals surface area contributed by atoms with Crippen molar-refractivity contribution in [2.24, 2.45) is 5.92 Å². The molecule has 5 heteroatoms. The minimum atomic E-state index is -1.07. The third-order valence-electron chi connectivity index (χ3n) is 5.17. The van der Waals surface area contributed by atoms with Crippen LogP contribution in [0.5, 0.6) is 0 Å². The molecule has 1 aliphatic heterocycles. The fraction of sp³-hybridized carbons (Fsp3) is 0.579. The molecule has 3 rings (SSSR count). The van der Waals surface area contributed by atoms with Gasteiger partial charge < -0.3 is 10.2 Å². The van der Waals surface area contributed by atoms with E-state index in [9.17, 15) is 9.18 Å². The molecule has 1 saturated heterocycles. The van der Waals surface area contributed by atoms with E-state index in [0.717, 1.165) is 25.7 Å². The van der Waals surface area contributed by atoms with Crippen molar-refractivity contribution in [2.45, 2.75) is 50.4 Å². The Bertz CT molecular complexity index is 600. The van der Waals surface area contributed by atoms with Crippen LogP contribution in [0, 0.1) is 17.2 Å². The van der Waals surface area contributed by atoms with Gasteiger partial charge in [-0.25, -0.2) is 4.39 Å². The van der Waals surface area contributed by atoms with Crippen LogP contribution in [0.3, 0.4) is 0 Å². The number of nitrogens with zero attached hydrogens (tertiary/aromatic N) is 2. The lowest BCUT2D eigenvalue weighted by molar-refractivity contribution is -0.130. The van der Waals surface area contributed by atoms with Crippen LogP contribution in [0.15, 0.2) is 30.3 Å². The summed E-state index contributed by atoms with van der Waals surface area (Å²) in [6.07, 6.45) is 3.45. The molecule has 1 aromatic rings. The number of carbonyl (C=O) groups excluding carboxylic acids is 1. The Labute approximate surface area is 142 Å². The van der Waals surface area contributed by atoms with Crippen LogP contribution in [0.1, 0.15) is 31.2 Å². The molecule has 4 nitrogen and oxygen atoms in total. The fourth-order valence-corrected chi connectivity index (χ4v) is 3.91. The number of hydrogen-bond acceptors (Lipinski definition) is 3. The first kappa shape index (κ1) is 16.9. The van der Waals surface area contributed by atoms with Gasteiger partial charge in [0, 0.05) is 12.5 Å². The molecule has 24 heavy (non-hydrogen) atoms. The molecule has 4 atom stereocenters. The van der Waals surface area contributed by atoms with E-state index in [1.807, 2.05) is 12.1 Å². The number of amides is 1. The third-order valence-corrected chi connectivity index (χ3v) is 5.17. The van der Waals surface area contributed by atoms with Crippen LogP contribution < -0.4 is 5.32 Å². The van der Waals surface area contributed by atoms with Crippen LogP contribution in [0.2, 0.25) is 0 Å². The molecule has 2 unspecified atom stereocenters. The molecule has 1 aromatic carbocycles. The first-order valence-electron chi connectivity index (χ1n) is 8.76. The summed E-state index contributed by atoms with van der Waals surface area (Å²) in [5.41, 5.74) is 1.36. The summed E-state index contributed by atoms with van der Waals surface area (Å²) in [5, 5.41) is 12.3. The average molecular weight is 329 g/mol. The standard InChI is InChI=1S/C19H24FN3O/c20-16-10-18(11-21)23(13-16)19(24)12-22-17-7-6-15(9-17)8-14-4-2-1-3-5-14/h1-5,15-18,22H,6-10,12-13H2/t15-,16?,17-,18?/m1/s1. The number of halogens is 1. The van der Waals surface area contributed by atoms with Gasteiger partial charge in [0.2, 0.25) is 5.91 Å². The van der Waals surface area contributed by atoms with Crippen molar-refractivity contribution in [3.8, 4) is 6.07 Å². The number of rotatable bonds is 5. The largest absolute Gasteiger partial charge is 0.323 e. The van der Waals surface area contributed by atoms with Crippen molar-refractivity contribution in [1.82, 2.24) is 10.2 Å². The maximum absolute atomic E-state index is 13.4. The molecule has 1 amide bonds. The van der Waals surface area contributed by atoms with E-state index in [4.69, 9.17) is 5.26 Å². The van der Waals surface area contributed by atoms with Crippen LogP contribution >= 0.6 is 0 Å². The minimum absolute atomic E-state index is 0.0556. The molecule has 2 fully saturated rings. The van der Waals surface area contributed by atoms with Gasteiger partial charge in [0.25, 0.3) is 0 Å². The first-order valence-corrected chi connectivity index (χ1v) is 8.76. The number of benzene rings is 1. The second-order valence-corrected chi connectivity index (χ2v) is 6.97. The van der Waals surface area contributed by atoms with E-state index in [1.165, 1.54) is 10.5 Å². The lowest BCUT2D eigenvalue weighted by Crippen LogP contribution is -2.43. The maximum atomic E-state index is 13.4. The summed E-state index contributed by atoms with van der Waals surface area (Å²) in [4.78, 5) is 13.6. The SMILES string of the molecule is N#CC1CC(F)CN1C(=O)CN[C@@H]1CC[C@H](Cc2ccccc2)C1. The highest BCUT2D eigenvalue weighted by atomic mass is 19.1. The molecule has 128 valence electrons. The summed E-state index contributed by atoms with van der Waals surface area (Å²) >= 11 is 0. The van der Waals surface area contributed by atoms with Gasteiger partial charge in [-0.1, -0.05) is 30.3 Å². The van der Waals surface area contributed by atoms with Gasteiger partial charge in [-0.15, -0.1) is 0 Å². The Balaban J connectivity index is 1.43. The molecule has 2 aliphatic rings. The van der Waals surface area contributed by atoms with E-state index in [1.54, 1.807) is 0 Å². The van der Waals surface area contributed by atoms with Crippen molar-refractivity contribution >= 4 is 5.91 Å². The highest BCUT2D eigenvalue weighted by molar-refractivity contribution is 5.79. The lowest BCUT2D eigenvalue weighted by Gasteiger charge is -2.21. The van der Waals surface area contributed by atoms with Gasteiger partial charge in [0.05, 0.1) is 19.2 Å². The van der Waals surface area contributed by atoms with Gasteiger partial charge in [0.1, 0.15) is 12.2 Å². The fourth-order valence-electron chi connectivity index (χ4n) is 3.91. The Morgan fingerprint density at radius 2 is 2.08 bits per heavy atom. The zero-order valence-electron chi connectivity index (χ0n) is 13.8. The third kappa shape index (κ3) is 4.12. The topological polar surface area (TPSA) is 56.1 Å². The molecule has 1 N–H and O–H groups in total. The monoisotopic (exact) mass is 329 g/mol. The molecular formula is C19H24FN3O. The van der Waals surface area contributed by atoms with Crippen molar-refractivity contribution in [2.75, 3.05) is 13.1 Å². The Hall–Kier alpha value is -1.93. The Morgan fingerprint density at radius 3 is 2.83 bits per heavy atom. The quantitative estimate of drug-likeness (QED) is 0.903. The highest BCUT2D eigenvalue weighted by Gasteiger charge is 2.35. The molecule has 1 saturated carbocycles. The Morgan fingerprint density at radius 1 is 1.29 bits per heavy atom. The van der Waals surface area contributed by atoms with E-state index in [2.05, 4.69) is 29.6 Å². The van der Waals surface area contributed by atoms with Crippen LogP contribution in [-0.4, -0.2) is 42.2 Å². The normalized spacial score (nSPS) is 29.6. The molecule has 1 heterocycles. The van der Waals surface area contributed by atoms with Crippen molar-refractivity contribution in [3.63, 3.8) is 0 Å².